The van der Waals surface area contributed by atoms with E-state index in [9.17, 15) is 8.42 Å². The van der Waals surface area contributed by atoms with Crippen molar-refractivity contribution in [1.82, 2.24) is 14.1 Å². The monoisotopic (exact) mass is 307 g/mol. The van der Waals surface area contributed by atoms with Gasteiger partial charge in [0.05, 0.1) is 6.20 Å². The van der Waals surface area contributed by atoms with Crippen molar-refractivity contribution in [3.63, 3.8) is 0 Å². The average molecular weight is 307 g/mol. The van der Waals surface area contributed by atoms with Crippen molar-refractivity contribution in [3.8, 4) is 0 Å². The Hall–Kier alpha value is -2.19. The van der Waals surface area contributed by atoms with Gasteiger partial charge in [0, 0.05) is 32.4 Å². The summed E-state index contributed by atoms with van der Waals surface area (Å²) in [5, 5.41) is 11.3. The number of nitrogens with one attached hydrogen (secondary N) is 1. The maximum absolute atomic E-state index is 12.4. The molecular formula is C13H17N5O2S. The van der Waals surface area contributed by atoms with E-state index in [0.717, 1.165) is 5.56 Å². The number of nitrogen functional groups attached to an aromatic ring is 1. The van der Waals surface area contributed by atoms with E-state index in [1.54, 1.807) is 31.3 Å². The number of hydrogen-bond acceptors (Lipinski definition) is 4. The molecule has 1 aromatic heterocycles. The minimum Gasteiger partial charge on any atom is -0.384 e. The molecule has 0 fully saturated rings. The molecule has 1 heterocycles. The first-order valence-electron chi connectivity index (χ1n) is 6.19. The number of nitrogens with two attached hydrogens (primary N) is 1. The highest BCUT2D eigenvalue weighted by molar-refractivity contribution is 7.89. The molecule has 7 nitrogen and oxygen atoms in total. The molecule has 8 heteroatoms. The van der Waals surface area contributed by atoms with E-state index in [2.05, 4.69) is 5.10 Å². The van der Waals surface area contributed by atoms with Crippen molar-refractivity contribution in [1.29, 1.82) is 5.41 Å². The minimum atomic E-state index is -3.58. The summed E-state index contributed by atoms with van der Waals surface area (Å²) in [6, 6.07) is 6.96. The Morgan fingerprint density at radius 3 is 2.76 bits per heavy atom. The second kappa shape index (κ2) is 5.66. The predicted octanol–water partition coefficient (Wildman–Crippen LogP) is 0.525. The van der Waals surface area contributed by atoms with Gasteiger partial charge in [-0.2, -0.15) is 9.40 Å². The highest BCUT2D eigenvalue weighted by atomic mass is 32.2. The molecule has 0 radical (unpaired) electrons. The first-order chi connectivity index (χ1) is 9.80. The highest BCUT2D eigenvalue weighted by Gasteiger charge is 2.22. The molecule has 0 aliphatic heterocycles. The summed E-state index contributed by atoms with van der Waals surface area (Å²) in [5.41, 5.74) is 6.76. The smallest absolute Gasteiger partial charge is 0.246 e. The number of hydrogen-bond donors (Lipinski definition) is 2. The predicted molar refractivity (Wildman–Crippen MR) is 79.3 cm³/mol. The number of nitrogens with zero attached hydrogens (tertiary/aromatic N) is 3. The Balaban J connectivity index is 2.23. The fraction of sp³-hybridized carbons (Fsp3) is 0.231. The molecule has 0 aliphatic carbocycles. The summed E-state index contributed by atoms with van der Waals surface area (Å²) in [6.07, 6.45) is 2.77. The fourth-order valence-corrected chi connectivity index (χ4v) is 3.04. The van der Waals surface area contributed by atoms with E-state index in [0.29, 0.717) is 5.56 Å². The van der Waals surface area contributed by atoms with Crippen molar-refractivity contribution in [2.24, 2.45) is 12.8 Å². The summed E-state index contributed by atoms with van der Waals surface area (Å²) < 4.78 is 27.4. The van der Waals surface area contributed by atoms with Crippen LogP contribution in [0, 0.1) is 5.41 Å². The van der Waals surface area contributed by atoms with Crippen LogP contribution in [0.3, 0.4) is 0 Å². The van der Waals surface area contributed by atoms with Gasteiger partial charge < -0.3 is 5.73 Å². The van der Waals surface area contributed by atoms with E-state index < -0.39 is 10.0 Å². The molecule has 0 unspecified atom stereocenters. The maximum atomic E-state index is 12.4. The van der Waals surface area contributed by atoms with Crippen molar-refractivity contribution in [2.75, 3.05) is 7.05 Å². The SMILES string of the molecule is CN(Cc1cccc(C(=N)N)c1)S(=O)(=O)c1cnn(C)c1. The van der Waals surface area contributed by atoms with Gasteiger partial charge in [-0.1, -0.05) is 18.2 Å². The second-order valence-electron chi connectivity index (χ2n) is 4.72. The highest BCUT2D eigenvalue weighted by Crippen LogP contribution is 2.16. The number of aryl methyl sites for hydroxylation is 1. The molecule has 3 N–H and O–H groups in total. The van der Waals surface area contributed by atoms with Crippen LogP contribution < -0.4 is 5.73 Å². The van der Waals surface area contributed by atoms with Crippen LogP contribution in [-0.2, 0) is 23.6 Å². The van der Waals surface area contributed by atoms with Gasteiger partial charge in [0.25, 0.3) is 0 Å². The lowest BCUT2D eigenvalue weighted by molar-refractivity contribution is 0.466. The van der Waals surface area contributed by atoms with Crippen molar-refractivity contribution < 1.29 is 8.42 Å². The van der Waals surface area contributed by atoms with E-state index >= 15 is 0 Å². The Kier molecular flexibility index (Phi) is 4.10. The topological polar surface area (TPSA) is 105 Å². The van der Waals surface area contributed by atoms with E-state index in [1.165, 1.54) is 28.4 Å². The number of amidine groups is 1. The Morgan fingerprint density at radius 2 is 2.19 bits per heavy atom. The first kappa shape index (κ1) is 15.2. The second-order valence-corrected chi connectivity index (χ2v) is 6.77. The van der Waals surface area contributed by atoms with Crippen LogP contribution in [0.2, 0.25) is 0 Å². The lowest BCUT2D eigenvalue weighted by atomic mass is 10.1. The molecule has 0 saturated carbocycles. The molecule has 0 amide bonds. The molecule has 2 aromatic rings. The van der Waals surface area contributed by atoms with Crippen LogP contribution in [-0.4, -0.2) is 35.4 Å². The summed E-state index contributed by atoms with van der Waals surface area (Å²) >= 11 is 0. The van der Waals surface area contributed by atoms with Crippen LogP contribution in [0.15, 0.2) is 41.6 Å². The third-order valence-electron chi connectivity index (χ3n) is 3.03. The third-order valence-corrected chi connectivity index (χ3v) is 4.79. The van der Waals surface area contributed by atoms with E-state index in [1.807, 2.05) is 0 Å². The maximum Gasteiger partial charge on any atom is 0.246 e. The van der Waals surface area contributed by atoms with Gasteiger partial charge >= 0.3 is 0 Å². The van der Waals surface area contributed by atoms with Crippen LogP contribution in [0.1, 0.15) is 11.1 Å². The van der Waals surface area contributed by atoms with Crippen molar-refractivity contribution in [2.45, 2.75) is 11.4 Å². The Labute approximate surface area is 123 Å². The van der Waals surface area contributed by atoms with Gasteiger partial charge in [-0.05, 0) is 11.6 Å². The van der Waals surface area contributed by atoms with Crippen molar-refractivity contribution in [3.05, 3.63) is 47.8 Å². The fourth-order valence-electron chi connectivity index (χ4n) is 1.89. The molecule has 0 atom stereocenters. The Morgan fingerprint density at radius 1 is 1.48 bits per heavy atom. The molecular weight excluding hydrogens is 290 g/mol. The number of aromatic nitrogens is 2. The normalized spacial score (nSPS) is 11.8. The van der Waals surface area contributed by atoms with Gasteiger partial charge in [0.2, 0.25) is 10.0 Å². The number of rotatable bonds is 5. The molecule has 21 heavy (non-hydrogen) atoms. The molecule has 0 aliphatic rings. The zero-order chi connectivity index (χ0) is 15.6. The summed E-state index contributed by atoms with van der Waals surface area (Å²) in [5.74, 6) is -0.0466. The summed E-state index contributed by atoms with van der Waals surface area (Å²) in [6.45, 7) is 0.193. The van der Waals surface area contributed by atoms with Crippen LogP contribution >= 0.6 is 0 Å². The van der Waals surface area contributed by atoms with Crippen molar-refractivity contribution >= 4 is 15.9 Å². The first-order valence-corrected chi connectivity index (χ1v) is 7.63. The van der Waals surface area contributed by atoms with Gasteiger partial charge in [0.1, 0.15) is 10.7 Å². The molecule has 1 aromatic carbocycles. The number of sulfonamides is 1. The number of benzene rings is 1. The molecule has 112 valence electrons. The molecule has 0 saturated heterocycles. The van der Waals surface area contributed by atoms with Gasteiger partial charge in [0.15, 0.2) is 0 Å². The standard InChI is InChI=1S/C13H17N5O2S/c1-17-9-12(7-16-17)21(19,20)18(2)8-10-4-3-5-11(6-10)13(14)15/h3-7,9H,8H2,1-2H3,(H3,14,15). The van der Waals surface area contributed by atoms with E-state index in [4.69, 9.17) is 11.1 Å². The lowest BCUT2D eigenvalue weighted by Gasteiger charge is -2.16. The largest absolute Gasteiger partial charge is 0.384 e. The quantitative estimate of drug-likeness (QED) is 0.620. The average Bonchev–Trinajstić information content (AvgIpc) is 2.86. The summed E-state index contributed by atoms with van der Waals surface area (Å²) in [7, 11) is -0.420. The van der Waals surface area contributed by atoms with Gasteiger partial charge in [-0.25, -0.2) is 8.42 Å². The van der Waals surface area contributed by atoms with Crippen LogP contribution in [0.25, 0.3) is 0 Å². The minimum absolute atomic E-state index is 0.0466. The van der Waals surface area contributed by atoms with E-state index in [-0.39, 0.29) is 17.3 Å². The zero-order valence-electron chi connectivity index (χ0n) is 11.8. The third kappa shape index (κ3) is 3.29. The Bertz CT molecular complexity index is 766. The molecule has 0 bridgehead atoms. The van der Waals surface area contributed by atoms with Crippen LogP contribution in [0.4, 0.5) is 0 Å². The summed E-state index contributed by atoms with van der Waals surface area (Å²) in [4.78, 5) is 0.148. The van der Waals surface area contributed by atoms with Crippen LogP contribution in [0.5, 0.6) is 0 Å². The lowest BCUT2D eigenvalue weighted by Crippen LogP contribution is -2.26. The molecule has 0 spiro atoms. The molecule has 2 rings (SSSR count). The van der Waals surface area contributed by atoms with Gasteiger partial charge in [-0.3, -0.25) is 10.1 Å². The zero-order valence-corrected chi connectivity index (χ0v) is 12.6. The van der Waals surface area contributed by atoms with Gasteiger partial charge in [-0.15, -0.1) is 0 Å².